The zero-order valence-corrected chi connectivity index (χ0v) is 9.63. The second-order valence-electron chi connectivity index (χ2n) is 4.30. The molecule has 0 radical (unpaired) electrons. The first-order valence-electron chi connectivity index (χ1n) is 5.80. The summed E-state index contributed by atoms with van der Waals surface area (Å²) < 4.78 is 0. The molecule has 2 amide bonds. The van der Waals surface area contributed by atoms with Crippen LogP contribution in [0.3, 0.4) is 0 Å². The van der Waals surface area contributed by atoms with E-state index in [1.807, 2.05) is 30.3 Å². The van der Waals surface area contributed by atoms with Gasteiger partial charge in [0.1, 0.15) is 5.92 Å². The molecule has 17 heavy (non-hydrogen) atoms. The summed E-state index contributed by atoms with van der Waals surface area (Å²) in [5.74, 6) is -1.23. The Morgan fingerprint density at radius 3 is 2.65 bits per heavy atom. The maximum Gasteiger partial charge on any atom is 0.235 e. The third-order valence-corrected chi connectivity index (χ3v) is 3.15. The van der Waals surface area contributed by atoms with Crippen molar-refractivity contribution in [3.63, 3.8) is 0 Å². The van der Waals surface area contributed by atoms with E-state index < -0.39 is 11.8 Å². The van der Waals surface area contributed by atoms with Crippen LogP contribution >= 0.6 is 0 Å². The van der Waals surface area contributed by atoms with Crippen LogP contribution in [0, 0.1) is 5.92 Å². The molecule has 1 saturated heterocycles. The number of hydrogen-bond donors (Lipinski definition) is 1. The molecule has 2 N–H and O–H groups in total. The van der Waals surface area contributed by atoms with Gasteiger partial charge < -0.3 is 10.6 Å². The normalized spacial score (nSPS) is 19.6. The van der Waals surface area contributed by atoms with Crippen molar-refractivity contribution >= 4 is 11.8 Å². The van der Waals surface area contributed by atoms with Crippen molar-refractivity contribution in [3.05, 3.63) is 35.9 Å². The molecule has 2 rings (SSSR count). The fraction of sp³-hybridized carbons (Fsp3) is 0.385. The van der Waals surface area contributed by atoms with Gasteiger partial charge in [-0.3, -0.25) is 9.59 Å². The summed E-state index contributed by atoms with van der Waals surface area (Å²) in [6.07, 6.45) is 1.38. The molecule has 0 saturated carbocycles. The van der Waals surface area contributed by atoms with Gasteiger partial charge in [0.05, 0.1) is 0 Å². The average Bonchev–Trinajstić information content (AvgIpc) is 2.69. The molecular weight excluding hydrogens is 216 g/mol. The van der Waals surface area contributed by atoms with Crippen LogP contribution in [0.25, 0.3) is 0 Å². The Morgan fingerprint density at radius 1 is 1.35 bits per heavy atom. The van der Waals surface area contributed by atoms with Crippen LogP contribution in [-0.2, 0) is 16.0 Å². The summed E-state index contributed by atoms with van der Waals surface area (Å²) in [6, 6.07) is 9.99. The summed E-state index contributed by atoms with van der Waals surface area (Å²) in [5, 5.41) is 0. The molecule has 0 spiro atoms. The number of carbonyl (C=O) groups is 2. The summed E-state index contributed by atoms with van der Waals surface area (Å²) in [6.45, 7) is 1.30. The number of benzene rings is 1. The molecule has 4 nitrogen and oxygen atoms in total. The lowest BCUT2D eigenvalue weighted by atomic mass is 10.1. The SMILES string of the molecule is NC(=O)C1CCN(CCc2ccccc2)C1=O. The topological polar surface area (TPSA) is 63.4 Å². The van der Waals surface area contributed by atoms with Gasteiger partial charge in [-0.05, 0) is 18.4 Å². The highest BCUT2D eigenvalue weighted by Gasteiger charge is 2.34. The van der Waals surface area contributed by atoms with Crippen molar-refractivity contribution in [1.82, 2.24) is 4.90 Å². The van der Waals surface area contributed by atoms with Gasteiger partial charge in [0.2, 0.25) is 11.8 Å². The quantitative estimate of drug-likeness (QED) is 0.771. The summed E-state index contributed by atoms with van der Waals surface area (Å²) in [7, 11) is 0. The molecule has 1 atom stereocenters. The summed E-state index contributed by atoms with van der Waals surface area (Å²) in [5.41, 5.74) is 6.37. The lowest BCUT2D eigenvalue weighted by molar-refractivity contribution is -0.136. The Bertz CT molecular complexity index is 417. The average molecular weight is 232 g/mol. The van der Waals surface area contributed by atoms with Crippen molar-refractivity contribution in [2.75, 3.05) is 13.1 Å². The van der Waals surface area contributed by atoms with E-state index in [-0.39, 0.29) is 5.91 Å². The van der Waals surface area contributed by atoms with E-state index >= 15 is 0 Å². The van der Waals surface area contributed by atoms with Gasteiger partial charge in [-0.25, -0.2) is 0 Å². The van der Waals surface area contributed by atoms with Crippen LogP contribution in [0.15, 0.2) is 30.3 Å². The van der Waals surface area contributed by atoms with E-state index in [0.717, 1.165) is 6.42 Å². The van der Waals surface area contributed by atoms with Crippen molar-refractivity contribution in [1.29, 1.82) is 0 Å². The highest BCUT2D eigenvalue weighted by Crippen LogP contribution is 2.17. The van der Waals surface area contributed by atoms with E-state index in [1.165, 1.54) is 5.56 Å². The standard InChI is InChI=1S/C13H16N2O2/c14-12(16)11-7-9-15(13(11)17)8-6-10-4-2-1-3-5-10/h1-5,11H,6-9H2,(H2,14,16). The highest BCUT2D eigenvalue weighted by molar-refractivity contribution is 6.00. The number of carbonyl (C=O) groups excluding carboxylic acids is 2. The van der Waals surface area contributed by atoms with Gasteiger partial charge in [-0.2, -0.15) is 0 Å². The molecule has 1 aliphatic rings. The first-order valence-corrected chi connectivity index (χ1v) is 5.80. The predicted molar refractivity (Wildman–Crippen MR) is 64.0 cm³/mol. The van der Waals surface area contributed by atoms with Crippen molar-refractivity contribution in [2.24, 2.45) is 11.7 Å². The number of nitrogens with zero attached hydrogens (tertiary/aromatic N) is 1. The van der Waals surface area contributed by atoms with Gasteiger partial charge in [-0.15, -0.1) is 0 Å². The molecule has 0 aliphatic carbocycles. The van der Waals surface area contributed by atoms with Gasteiger partial charge >= 0.3 is 0 Å². The Balaban J connectivity index is 1.89. The minimum Gasteiger partial charge on any atom is -0.369 e. The van der Waals surface area contributed by atoms with E-state index in [1.54, 1.807) is 4.90 Å². The van der Waals surface area contributed by atoms with Gasteiger partial charge in [0.15, 0.2) is 0 Å². The maximum absolute atomic E-state index is 11.8. The first-order chi connectivity index (χ1) is 8.18. The molecule has 1 heterocycles. The number of nitrogens with two attached hydrogens (primary N) is 1. The zero-order chi connectivity index (χ0) is 12.3. The van der Waals surface area contributed by atoms with Crippen molar-refractivity contribution in [3.8, 4) is 0 Å². The third kappa shape index (κ3) is 2.64. The van der Waals surface area contributed by atoms with Gasteiger partial charge in [0.25, 0.3) is 0 Å². The largest absolute Gasteiger partial charge is 0.369 e. The molecule has 90 valence electrons. The lowest BCUT2D eigenvalue weighted by Gasteiger charge is -2.15. The van der Waals surface area contributed by atoms with Crippen LogP contribution in [0.5, 0.6) is 0 Å². The van der Waals surface area contributed by atoms with E-state index in [0.29, 0.717) is 19.5 Å². The van der Waals surface area contributed by atoms with E-state index in [4.69, 9.17) is 5.73 Å². The fourth-order valence-corrected chi connectivity index (χ4v) is 2.13. The number of likely N-dealkylation sites (tertiary alicyclic amines) is 1. The molecule has 0 aromatic heterocycles. The molecule has 1 aromatic carbocycles. The van der Waals surface area contributed by atoms with Crippen molar-refractivity contribution in [2.45, 2.75) is 12.8 Å². The number of rotatable bonds is 4. The monoisotopic (exact) mass is 232 g/mol. The Hall–Kier alpha value is -1.84. The molecule has 1 unspecified atom stereocenters. The molecule has 4 heteroatoms. The van der Waals surface area contributed by atoms with Crippen LogP contribution in [0.1, 0.15) is 12.0 Å². The lowest BCUT2D eigenvalue weighted by Crippen LogP contribution is -2.34. The second kappa shape index (κ2) is 4.99. The molecule has 1 aliphatic heterocycles. The molecule has 1 fully saturated rings. The predicted octanol–water partition coefficient (Wildman–Crippen LogP) is 0.563. The highest BCUT2D eigenvalue weighted by atomic mass is 16.2. The van der Waals surface area contributed by atoms with E-state index in [2.05, 4.69) is 0 Å². The maximum atomic E-state index is 11.8. The molecule has 1 aromatic rings. The number of primary amides is 1. The van der Waals surface area contributed by atoms with Gasteiger partial charge in [-0.1, -0.05) is 30.3 Å². The van der Waals surface area contributed by atoms with Gasteiger partial charge in [0, 0.05) is 13.1 Å². The Labute approximate surface area is 100 Å². The zero-order valence-electron chi connectivity index (χ0n) is 9.63. The van der Waals surface area contributed by atoms with Crippen molar-refractivity contribution < 1.29 is 9.59 Å². The third-order valence-electron chi connectivity index (χ3n) is 3.15. The van der Waals surface area contributed by atoms with Crippen LogP contribution in [0.2, 0.25) is 0 Å². The minimum absolute atomic E-state index is 0.117. The van der Waals surface area contributed by atoms with Crippen LogP contribution < -0.4 is 5.73 Å². The van der Waals surface area contributed by atoms with E-state index in [9.17, 15) is 9.59 Å². The van der Waals surface area contributed by atoms with Crippen LogP contribution in [-0.4, -0.2) is 29.8 Å². The number of amides is 2. The molecule has 0 bridgehead atoms. The Kier molecular flexibility index (Phi) is 3.42. The fourth-order valence-electron chi connectivity index (χ4n) is 2.13. The second-order valence-corrected chi connectivity index (χ2v) is 4.30. The van der Waals surface area contributed by atoms with Crippen LogP contribution in [0.4, 0.5) is 0 Å². The summed E-state index contributed by atoms with van der Waals surface area (Å²) >= 11 is 0. The molecular formula is C13H16N2O2. The smallest absolute Gasteiger partial charge is 0.235 e. The Morgan fingerprint density at radius 2 is 2.06 bits per heavy atom. The summed E-state index contributed by atoms with van der Waals surface area (Å²) in [4.78, 5) is 24.5. The first kappa shape index (κ1) is 11.6. The number of hydrogen-bond acceptors (Lipinski definition) is 2. The minimum atomic E-state index is -0.606.